The van der Waals surface area contributed by atoms with Gasteiger partial charge in [0.2, 0.25) is 0 Å². The highest BCUT2D eigenvalue weighted by Crippen LogP contribution is 2.41. The molecule has 3 aromatic rings. The van der Waals surface area contributed by atoms with Gasteiger partial charge in [0.05, 0.1) is 6.20 Å². The van der Waals surface area contributed by atoms with Crippen LogP contribution < -0.4 is 10.6 Å². The molecule has 156 valence electrons. The summed E-state index contributed by atoms with van der Waals surface area (Å²) < 4.78 is 15.2. The van der Waals surface area contributed by atoms with Crippen molar-refractivity contribution in [1.82, 2.24) is 9.78 Å². The molecule has 1 aliphatic carbocycles. The van der Waals surface area contributed by atoms with Crippen LogP contribution >= 0.6 is 11.6 Å². The van der Waals surface area contributed by atoms with E-state index in [1.54, 1.807) is 41.1 Å². The fourth-order valence-corrected chi connectivity index (χ4v) is 4.24. The lowest BCUT2D eigenvalue weighted by molar-refractivity contribution is -0.116. The Hall–Kier alpha value is -3.45. The van der Waals surface area contributed by atoms with E-state index >= 15 is 0 Å². The van der Waals surface area contributed by atoms with Crippen LogP contribution in [0.5, 0.6) is 0 Å². The van der Waals surface area contributed by atoms with E-state index in [-0.39, 0.29) is 17.5 Å². The van der Waals surface area contributed by atoms with Crippen LogP contribution in [0.3, 0.4) is 0 Å². The van der Waals surface area contributed by atoms with Crippen molar-refractivity contribution < 1.29 is 14.0 Å². The van der Waals surface area contributed by atoms with Gasteiger partial charge in [0, 0.05) is 28.4 Å². The first kappa shape index (κ1) is 19.5. The predicted octanol–water partition coefficient (Wildman–Crippen LogP) is 4.95. The molecule has 6 nitrogen and oxygen atoms in total. The van der Waals surface area contributed by atoms with Gasteiger partial charge in [-0.1, -0.05) is 23.7 Å². The minimum Gasteiger partial charge on any atom is -0.343 e. The molecule has 0 radical (unpaired) electrons. The summed E-state index contributed by atoms with van der Waals surface area (Å²) in [6, 6.07) is 12.3. The molecule has 1 atom stereocenters. The molecule has 8 heteroatoms. The SMILES string of the molecule is O=C1CCCC2=C1[C@H](c1ccc(F)cc1)n1ncc(C(=O)Nc3ccc(Cl)cc3)c1N2. The third kappa shape index (κ3) is 3.51. The quantitative estimate of drug-likeness (QED) is 0.609. The highest BCUT2D eigenvalue weighted by molar-refractivity contribution is 6.30. The molecule has 2 aliphatic rings. The van der Waals surface area contributed by atoms with Crippen molar-refractivity contribution in [3.63, 3.8) is 0 Å². The highest BCUT2D eigenvalue weighted by Gasteiger charge is 2.37. The zero-order valence-corrected chi connectivity index (χ0v) is 17.1. The van der Waals surface area contributed by atoms with Crippen LogP contribution in [0, 0.1) is 5.82 Å². The third-order valence-electron chi connectivity index (χ3n) is 5.57. The largest absolute Gasteiger partial charge is 0.343 e. The second kappa shape index (κ2) is 7.67. The van der Waals surface area contributed by atoms with Crippen LogP contribution in [-0.4, -0.2) is 21.5 Å². The van der Waals surface area contributed by atoms with Crippen molar-refractivity contribution in [2.24, 2.45) is 0 Å². The van der Waals surface area contributed by atoms with Gasteiger partial charge in [-0.25, -0.2) is 9.07 Å². The zero-order valence-electron chi connectivity index (χ0n) is 16.4. The van der Waals surface area contributed by atoms with Crippen LogP contribution in [0.2, 0.25) is 5.02 Å². The molecular weight excluding hydrogens is 419 g/mol. The predicted molar refractivity (Wildman–Crippen MR) is 116 cm³/mol. The number of amides is 1. The van der Waals surface area contributed by atoms with Gasteiger partial charge >= 0.3 is 0 Å². The zero-order chi connectivity index (χ0) is 21.5. The number of allylic oxidation sites excluding steroid dienone is 2. The summed E-state index contributed by atoms with van der Waals surface area (Å²) in [5, 5.41) is 11.1. The lowest BCUT2D eigenvalue weighted by atomic mass is 9.85. The van der Waals surface area contributed by atoms with E-state index in [0.29, 0.717) is 40.5 Å². The Kier molecular flexibility index (Phi) is 4.82. The van der Waals surface area contributed by atoms with Crippen molar-refractivity contribution in [3.05, 3.63) is 88.0 Å². The third-order valence-corrected chi connectivity index (χ3v) is 5.82. The molecule has 0 spiro atoms. The Morgan fingerprint density at radius 2 is 1.87 bits per heavy atom. The molecule has 0 saturated heterocycles. The molecular formula is C23H18ClFN4O2. The van der Waals surface area contributed by atoms with Crippen molar-refractivity contribution >= 4 is 34.8 Å². The molecule has 1 aromatic heterocycles. The second-order valence-corrected chi connectivity index (χ2v) is 8.00. The summed E-state index contributed by atoms with van der Waals surface area (Å²) in [5.74, 6) is -0.142. The summed E-state index contributed by atoms with van der Waals surface area (Å²) in [7, 11) is 0. The number of hydrogen-bond acceptors (Lipinski definition) is 4. The summed E-state index contributed by atoms with van der Waals surface area (Å²) in [6.45, 7) is 0. The van der Waals surface area contributed by atoms with E-state index < -0.39 is 6.04 Å². The number of hydrogen-bond donors (Lipinski definition) is 2. The standard InChI is InChI=1S/C23H18ClFN4O2/c24-14-6-10-16(11-7-14)27-23(31)17-12-26-29-21(13-4-8-15(25)9-5-13)20-18(28-22(17)29)2-1-3-19(20)30/h4-12,21,28H,1-3H2,(H,27,31)/t21-/m0/s1. The van der Waals surface area contributed by atoms with Crippen LogP contribution in [0.25, 0.3) is 0 Å². The van der Waals surface area contributed by atoms with Crippen LogP contribution in [0.1, 0.15) is 41.2 Å². The van der Waals surface area contributed by atoms with E-state index in [1.807, 2.05) is 0 Å². The number of ketones is 1. The fraction of sp³-hybridized carbons (Fsp3) is 0.174. The smallest absolute Gasteiger partial charge is 0.261 e. The topological polar surface area (TPSA) is 76.0 Å². The molecule has 1 aliphatic heterocycles. The van der Waals surface area contributed by atoms with Gasteiger partial charge in [-0.2, -0.15) is 5.10 Å². The first-order chi connectivity index (χ1) is 15.0. The van der Waals surface area contributed by atoms with Crippen LogP contribution in [0.15, 0.2) is 66.0 Å². The van der Waals surface area contributed by atoms with Crippen molar-refractivity contribution in [2.75, 3.05) is 10.6 Å². The van der Waals surface area contributed by atoms with Gasteiger partial charge in [0.15, 0.2) is 5.78 Å². The molecule has 5 rings (SSSR count). The number of carbonyl (C=O) groups excluding carboxylic acids is 2. The minimum atomic E-state index is -0.517. The average molecular weight is 437 g/mol. The van der Waals surface area contributed by atoms with Gasteiger partial charge in [-0.05, 0) is 54.8 Å². The normalized spacial score (nSPS) is 17.6. The number of rotatable bonds is 3. The fourth-order valence-electron chi connectivity index (χ4n) is 4.11. The van der Waals surface area contributed by atoms with Gasteiger partial charge in [-0.15, -0.1) is 0 Å². The van der Waals surface area contributed by atoms with E-state index in [0.717, 1.165) is 17.7 Å². The number of nitrogens with zero attached hydrogens (tertiary/aromatic N) is 2. The number of nitrogens with one attached hydrogen (secondary N) is 2. The molecule has 1 amide bonds. The Balaban J connectivity index is 1.56. The summed E-state index contributed by atoms with van der Waals surface area (Å²) >= 11 is 5.91. The lowest BCUT2D eigenvalue weighted by Crippen LogP contribution is -2.32. The monoisotopic (exact) mass is 436 g/mol. The van der Waals surface area contributed by atoms with Gasteiger partial charge in [0.25, 0.3) is 5.91 Å². The number of halogens is 2. The molecule has 31 heavy (non-hydrogen) atoms. The van der Waals surface area contributed by atoms with Crippen molar-refractivity contribution in [2.45, 2.75) is 25.3 Å². The Morgan fingerprint density at radius 1 is 1.13 bits per heavy atom. The first-order valence-electron chi connectivity index (χ1n) is 9.94. The molecule has 0 bridgehead atoms. The molecule has 0 fully saturated rings. The maximum absolute atomic E-state index is 13.5. The summed E-state index contributed by atoms with van der Waals surface area (Å²) in [4.78, 5) is 25.8. The van der Waals surface area contributed by atoms with E-state index in [4.69, 9.17) is 11.6 Å². The number of aromatic nitrogens is 2. The molecule has 2 aromatic carbocycles. The Morgan fingerprint density at radius 3 is 2.61 bits per heavy atom. The number of benzene rings is 2. The summed E-state index contributed by atoms with van der Waals surface area (Å²) in [6.07, 6.45) is 3.37. The number of carbonyl (C=O) groups is 2. The van der Waals surface area contributed by atoms with Crippen LogP contribution in [-0.2, 0) is 4.79 Å². The summed E-state index contributed by atoms with van der Waals surface area (Å²) in [5.41, 5.74) is 3.11. The van der Waals surface area contributed by atoms with Gasteiger partial charge in [0.1, 0.15) is 23.2 Å². The van der Waals surface area contributed by atoms with E-state index in [2.05, 4.69) is 15.7 Å². The first-order valence-corrected chi connectivity index (χ1v) is 10.3. The second-order valence-electron chi connectivity index (χ2n) is 7.56. The van der Waals surface area contributed by atoms with E-state index in [1.165, 1.54) is 18.3 Å². The number of anilines is 2. The number of Topliss-reactive ketones (excluding diaryl/α,β-unsaturated/α-hetero) is 1. The van der Waals surface area contributed by atoms with Gasteiger partial charge < -0.3 is 10.6 Å². The Bertz CT molecular complexity index is 1220. The van der Waals surface area contributed by atoms with Crippen molar-refractivity contribution in [1.29, 1.82) is 0 Å². The maximum atomic E-state index is 13.5. The lowest BCUT2D eigenvalue weighted by Gasteiger charge is -2.33. The molecule has 2 N–H and O–H groups in total. The molecule has 0 unspecified atom stereocenters. The van der Waals surface area contributed by atoms with Gasteiger partial charge in [-0.3, -0.25) is 9.59 Å². The number of fused-ring (bicyclic) bond motifs is 1. The Labute approximate surface area is 182 Å². The minimum absolute atomic E-state index is 0.0383. The van der Waals surface area contributed by atoms with Crippen molar-refractivity contribution in [3.8, 4) is 0 Å². The van der Waals surface area contributed by atoms with Crippen LogP contribution in [0.4, 0.5) is 15.9 Å². The maximum Gasteiger partial charge on any atom is 0.261 e. The van der Waals surface area contributed by atoms with E-state index in [9.17, 15) is 14.0 Å². The average Bonchev–Trinajstić information content (AvgIpc) is 3.18. The highest BCUT2D eigenvalue weighted by atomic mass is 35.5. The molecule has 2 heterocycles. The molecule has 0 saturated carbocycles.